The van der Waals surface area contributed by atoms with E-state index in [0.29, 0.717) is 16.5 Å². The number of benzene rings is 1. The highest BCUT2D eigenvalue weighted by atomic mass is 35.5. The molecule has 25 heavy (non-hydrogen) atoms. The van der Waals surface area contributed by atoms with Crippen LogP contribution in [-0.4, -0.2) is 30.6 Å². The van der Waals surface area contributed by atoms with Gasteiger partial charge >= 0.3 is 5.97 Å². The first-order chi connectivity index (χ1) is 11.8. The van der Waals surface area contributed by atoms with Gasteiger partial charge in [-0.15, -0.1) is 0 Å². The topological polar surface area (TPSA) is 77.5 Å². The summed E-state index contributed by atoms with van der Waals surface area (Å²) >= 11 is 23.3. The van der Waals surface area contributed by atoms with Crippen molar-refractivity contribution in [1.82, 2.24) is 4.98 Å². The van der Waals surface area contributed by atoms with Crippen LogP contribution in [0.3, 0.4) is 0 Å². The monoisotopic (exact) mass is 422 g/mol. The molecule has 0 atom stereocenters. The molecule has 0 unspecified atom stereocenters. The van der Waals surface area contributed by atoms with Gasteiger partial charge in [-0.2, -0.15) is 0 Å². The molecule has 0 radical (unpaired) electrons. The molecule has 0 saturated heterocycles. The van der Waals surface area contributed by atoms with E-state index in [9.17, 15) is 9.59 Å². The zero-order valence-electron chi connectivity index (χ0n) is 12.6. The van der Waals surface area contributed by atoms with Crippen molar-refractivity contribution >= 4 is 64.0 Å². The van der Waals surface area contributed by atoms with Crippen LogP contribution in [0.25, 0.3) is 0 Å². The van der Waals surface area contributed by atoms with Gasteiger partial charge in [-0.1, -0.05) is 46.4 Å². The summed E-state index contributed by atoms with van der Waals surface area (Å²) in [6.45, 7) is -0.577. The van der Waals surface area contributed by atoms with E-state index in [-0.39, 0.29) is 20.8 Å². The fourth-order valence-corrected chi connectivity index (χ4v) is 2.48. The van der Waals surface area contributed by atoms with Crippen molar-refractivity contribution in [1.29, 1.82) is 0 Å². The van der Waals surface area contributed by atoms with Crippen LogP contribution in [0.5, 0.6) is 5.75 Å². The molecule has 10 heteroatoms. The smallest absolute Gasteiger partial charge is 0.359 e. The minimum absolute atomic E-state index is 0.0293. The van der Waals surface area contributed by atoms with Crippen LogP contribution in [0.4, 0.5) is 5.69 Å². The van der Waals surface area contributed by atoms with Gasteiger partial charge in [0.1, 0.15) is 5.75 Å². The second kappa shape index (κ2) is 8.58. The molecule has 0 bridgehead atoms. The van der Waals surface area contributed by atoms with Crippen LogP contribution in [0.15, 0.2) is 24.4 Å². The predicted molar refractivity (Wildman–Crippen MR) is 96.2 cm³/mol. The molecule has 1 amide bonds. The number of ether oxygens (including phenoxy) is 2. The first kappa shape index (κ1) is 19.6. The second-order valence-corrected chi connectivity index (χ2v) is 6.15. The number of methoxy groups -OCH3 is 1. The maximum Gasteiger partial charge on any atom is 0.359 e. The third kappa shape index (κ3) is 4.89. The van der Waals surface area contributed by atoms with Gasteiger partial charge in [0.25, 0.3) is 5.91 Å². The Kier molecular flexibility index (Phi) is 6.72. The molecule has 2 rings (SSSR count). The lowest BCUT2D eigenvalue weighted by Crippen LogP contribution is -2.21. The van der Waals surface area contributed by atoms with E-state index in [2.05, 4.69) is 10.3 Å². The zero-order chi connectivity index (χ0) is 18.6. The van der Waals surface area contributed by atoms with Crippen LogP contribution in [0.2, 0.25) is 20.1 Å². The Hall–Kier alpha value is -1.73. The van der Waals surface area contributed by atoms with E-state index < -0.39 is 18.5 Å². The molecule has 0 aliphatic rings. The lowest BCUT2D eigenvalue weighted by molar-refractivity contribution is -0.119. The molecule has 1 aromatic carbocycles. The number of anilines is 1. The Labute approximate surface area is 162 Å². The van der Waals surface area contributed by atoms with E-state index >= 15 is 0 Å². The summed E-state index contributed by atoms with van der Waals surface area (Å²) in [7, 11) is 1.44. The average Bonchev–Trinajstić information content (AvgIpc) is 2.58. The summed E-state index contributed by atoms with van der Waals surface area (Å²) in [4.78, 5) is 27.7. The van der Waals surface area contributed by atoms with Crippen molar-refractivity contribution in [2.75, 3.05) is 19.0 Å². The Morgan fingerprint density at radius 2 is 1.88 bits per heavy atom. The number of carbonyl (C=O) groups is 2. The van der Waals surface area contributed by atoms with Crippen LogP contribution in [0, 0.1) is 0 Å². The predicted octanol–water partition coefficient (Wildman–Crippen LogP) is 4.50. The number of halogens is 4. The summed E-state index contributed by atoms with van der Waals surface area (Å²) < 4.78 is 9.97. The first-order valence-electron chi connectivity index (χ1n) is 6.63. The summed E-state index contributed by atoms with van der Waals surface area (Å²) in [6.07, 6.45) is 1.16. The number of pyridine rings is 1. The number of amides is 1. The van der Waals surface area contributed by atoms with Crippen molar-refractivity contribution < 1.29 is 19.1 Å². The van der Waals surface area contributed by atoms with Crippen LogP contribution < -0.4 is 10.1 Å². The molecule has 1 aromatic heterocycles. The van der Waals surface area contributed by atoms with Gasteiger partial charge < -0.3 is 14.8 Å². The fraction of sp³-hybridized carbons (Fsp3) is 0.133. The molecular weight excluding hydrogens is 414 g/mol. The highest BCUT2D eigenvalue weighted by Crippen LogP contribution is 2.31. The van der Waals surface area contributed by atoms with Crippen molar-refractivity contribution in [2.45, 2.75) is 0 Å². The largest absolute Gasteiger partial charge is 0.495 e. The normalized spacial score (nSPS) is 10.3. The maximum atomic E-state index is 12.0. The van der Waals surface area contributed by atoms with Gasteiger partial charge in [-0.3, -0.25) is 4.79 Å². The number of hydrogen-bond donors (Lipinski definition) is 1. The fourth-order valence-electron chi connectivity index (χ4n) is 1.75. The summed E-state index contributed by atoms with van der Waals surface area (Å²) in [6, 6.07) is 4.69. The number of rotatable bonds is 5. The second-order valence-electron chi connectivity index (χ2n) is 4.55. The van der Waals surface area contributed by atoms with Crippen LogP contribution in [-0.2, 0) is 9.53 Å². The number of carbonyl (C=O) groups excluding carboxylic acids is 2. The molecule has 1 heterocycles. The van der Waals surface area contributed by atoms with Gasteiger partial charge in [0, 0.05) is 11.2 Å². The number of aromatic nitrogens is 1. The molecule has 2 aromatic rings. The van der Waals surface area contributed by atoms with Gasteiger partial charge in [0.2, 0.25) is 0 Å². The third-order valence-electron chi connectivity index (χ3n) is 2.88. The zero-order valence-corrected chi connectivity index (χ0v) is 15.6. The van der Waals surface area contributed by atoms with Crippen LogP contribution >= 0.6 is 46.4 Å². The summed E-state index contributed by atoms with van der Waals surface area (Å²) in [5.74, 6) is -1.12. The van der Waals surface area contributed by atoms with Crippen molar-refractivity contribution in [3.63, 3.8) is 0 Å². The van der Waals surface area contributed by atoms with Crippen LogP contribution in [0.1, 0.15) is 10.5 Å². The number of nitrogens with zero attached hydrogens (tertiary/aromatic N) is 1. The highest BCUT2D eigenvalue weighted by Gasteiger charge is 2.19. The standard InChI is InChI=1S/C15H10Cl4N2O4/c1-24-10-3-2-7(16)4-9(10)21-11(22)6-25-15(23)14-13(19)12(18)8(17)5-20-14/h2-5H,6H2,1H3,(H,21,22). The summed E-state index contributed by atoms with van der Waals surface area (Å²) in [5, 5.41) is 2.83. The van der Waals surface area contributed by atoms with E-state index in [1.54, 1.807) is 12.1 Å². The van der Waals surface area contributed by atoms with E-state index in [4.69, 9.17) is 55.9 Å². The maximum absolute atomic E-state index is 12.0. The number of hydrogen-bond acceptors (Lipinski definition) is 5. The van der Waals surface area contributed by atoms with E-state index in [1.807, 2.05) is 0 Å². The number of nitrogens with one attached hydrogen (secondary N) is 1. The molecule has 0 aliphatic carbocycles. The lowest BCUT2D eigenvalue weighted by Gasteiger charge is -2.11. The third-order valence-corrected chi connectivity index (χ3v) is 4.36. The van der Waals surface area contributed by atoms with E-state index in [1.165, 1.54) is 13.2 Å². The van der Waals surface area contributed by atoms with Crippen molar-refractivity contribution in [2.24, 2.45) is 0 Å². The highest BCUT2D eigenvalue weighted by molar-refractivity contribution is 6.48. The molecule has 0 saturated carbocycles. The minimum atomic E-state index is -0.920. The van der Waals surface area contributed by atoms with Gasteiger partial charge in [-0.25, -0.2) is 9.78 Å². The van der Waals surface area contributed by atoms with Gasteiger partial charge in [0.05, 0.1) is 27.9 Å². The molecule has 132 valence electrons. The number of esters is 1. The Morgan fingerprint density at radius 1 is 1.16 bits per heavy atom. The van der Waals surface area contributed by atoms with Crippen molar-refractivity contribution in [3.8, 4) is 5.75 Å². The van der Waals surface area contributed by atoms with Gasteiger partial charge in [0.15, 0.2) is 12.3 Å². The van der Waals surface area contributed by atoms with E-state index in [0.717, 1.165) is 6.20 Å². The molecule has 0 fully saturated rings. The van der Waals surface area contributed by atoms with Gasteiger partial charge in [-0.05, 0) is 18.2 Å². The quantitative estimate of drug-likeness (QED) is 0.716. The molecular formula is C15H10Cl4N2O4. The molecule has 6 nitrogen and oxygen atoms in total. The van der Waals surface area contributed by atoms with Crippen molar-refractivity contribution in [3.05, 3.63) is 50.2 Å². The molecule has 0 spiro atoms. The molecule has 0 aliphatic heterocycles. The Morgan fingerprint density at radius 3 is 2.56 bits per heavy atom. The summed E-state index contributed by atoms with van der Waals surface area (Å²) in [5.41, 5.74) is 0.0888. The average molecular weight is 424 g/mol. The Balaban J connectivity index is 2.02. The first-order valence-corrected chi connectivity index (χ1v) is 8.14. The Bertz CT molecular complexity index is 829. The lowest BCUT2D eigenvalue weighted by atomic mass is 10.3. The SMILES string of the molecule is COc1ccc(Cl)cc1NC(=O)COC(=O)c1ncc(Cl)c(Cl)c1Cl. The minimum Gasteiger partial charge on any atom is -0.495 e. The molecule has 1 N–H and O–H groups in total.